The van der Waals surface area contributed by atoms with Gasteiger partial charge in [-0.3, -0.25) is 9.59 Å². The Morgan fingerprint density at radius 3 is 2.21 bits per heavy atom. The Kier molecular flexibility index (Phi) is 9.97. The second kappa shape index (κ2) is 12.2. The Labute approximate surface area is 204 Å². The third kappa shape index (κ3) is 8.19. The van der Waals surface area contributed by atoms with Gasteiger partial charge in [-0.15, -0.1) is 0 Å². The van der Waals surface area contributed by atoms with E-state index in [2.05, 4.69) is 64.2 Å². The Hall–Kier alpha value is -2.33. The van der Waals surface area contributed by atoms with E-state index in [4.69, 9.17) is 11.6 Å². The fourth-order valence-corrected chi connectivity index (χ4v) is 3.91. The van der Waals surface area contributed by atoms with Crippen LogP contribution in [-0.2, 0) is 28.0 Å². The van der Waals surface area contributed by atoms with E-state index >= 15 is 0 Å². The molecule has 0 bridgehead atoms. The zero-order valence-corrected chi connectivity index (χ0v) is 21.7. The molecule has 0 aliphatic heterocycles. The van der Waals surface area contributed by atoms with Crippen molar-refractivity contribution in [2.75, 3.05) is 6.54 Å². The molecule has 0 saturated carbocycles. The van der Waals surface area contributed by atoms with E-state index in [1.54, 1.807) is 4.90 Å². The highest BCUT2D eigenvalue weighted by molar-refractivity contribution is 6.31. The van der Waals surface area contributed by atoms with Gasteiger partial charge < -0.3 is 10.2 Å². The Bertz CT molecular complexity index is 916. The molecule has 5 heteroatoms. The van der Waals surface area contributed by atoms with Crippen LogP contribution in [0.1, 0.15) is 71.1 Å². The third-order valence-electron chi connectivity index (χ3n) is 5.82. The maximum absolute atomic E-state index is 13.4. The number of aryl methyl sites for hydroxylation is 1. The molecular formula is C28H39ClN2O2. The van der Waals surface area contributed by atoms with Crippen LogP contribution in [0.3, 0.4) is 0 Å². The minimum Gasteiger partial charge on any atom is -0.354 e. The van der Waals surface area contributed by atoms with Gasteiger partial charge in [-0.25, -0.2) is 0 Å². The molecule has 0 radical (unpaired) electrons. The van der Waals surface area contributed by atoms with Crippen LogP contribution < -0.4 is 5.32 Å². The van der Waals surface area contributed by atoms with Gasteiger partial charge in [-0.05, 0) is 46.9 Å². The van der Waals surface area contributed by atoms with E-state index in [1.165, 1.54) is 5.56 Å². The highest BCUT2D eigenvalue weighted by Gasteiger charge is 2.29. The van der Waals surface area contributed by atoms with Crippen LogP contribution in [0.25, 0.3) is 0 Å². The fraction of sp³-hybridized carbons (Fsp3) is 0.500. The lowest BCUT2D eigenvalue weighted by molar-refractivity contribution is -0.141. The van der Waals surface area contributed by atoms with Crippen LogP contribution >= 0.6 is 11.6 Å². The zero-order valence-electron chi connectivity index (χ0n) is 21.0. The first kappa shape index (κ1) is 26.9. The molecule has 2 rings (SSSR count). The summed E-state index contributed by atoms with van der Waals surface area (Å²) in [6, 6.07) is 15.4. The number of nitrogens with zero attached hydrogens (tertiary/aromatic N) is 1. The Morgan fingerprint density at radius 1 is 1.03 bits per heavy atom. The van der Waals surface area contributed by atoms with E-state index in [-0.39, 0.29) is 17.2 Å². The van der Waals surface area contributed by atoms with Gasteiger partial charge in [0.25, 0.3) is 0 Å². The SMILES string of the molecule is CC[C@@H](C(=O)NCC(C)C)N(Cc1ccccc1Cl)C(=O)CCc1ccc(C(C)(C)C)cc1. The topological polar surface area (TPSA) is 49.4 Å². The van der Waals surface area contributed by atoms with Crippen LogP contribution in [0.4, 0.5) is 0 Å². The lowest BCUT2D eigenvalue weighted by atomic mass is 9.86. The van der Waals surface area contributed by atoms with E-state index in [9.17, 15) is 9.59 Å². The summed E-state index contributed by atoms with van der Waals surface area (Å²) < 4.78 is 0. The number of halogens is 1. The number of hydrogen-bond donors (Lipinski definition) is 1. The largest absolute Gasteiger partial charge is 0.354 e. The number of carbonyl (C=O) groups excluding carboxylic acids is 2. The summed E-state index contributed by atoms with van der Waals surface area (Å²) >= 11 is 6.39. The molecule has 0 aromatic heterocycles. The maximum Gasteiger partial charge on any atom is 0.242 e. The van der Waals surface area contributed by atoms with Crippen LogP contribution in [0.15, 0.2) is 48.5 Å². The molecule has 4 nitrogen and oxygen atoms in total. The maximum atomic E-state index is 13.4. The number of benzene rings is 2. The van der Waals surface area contributed by atoms with Gasteiger partial charge in [-0.2, -0.15) is 0 Å². The number of rotatable bonds is 10. The van der Waals surface area contributed by atoms with Gasteiger partial charge >= 0.3 is 0 Å². The van der Waals surface area contributed by atoms with Gasteiger partial charge in [0.2, 0.25) is 11.8 Å². The molecule has 1 atom stereocenters. The molecule has 2 amide bonds. The first-order valence-corrected chi connectivity index (χ1v) is 12.3. The molecule has 2 aromatic rings. The van der Waals surface area contributed by atoms with Gasteiger partial charge in [0.05, 0.1) is 0 Å². The molecule has 0 unspecified atom stereocenters. The molecule has 180 valence electrons. The van der Waals surface area contributed by atoms with E-state index in [0.717, 1.165) is 11.1 Å². The number of amides is 2. The van der Waals surface area contributed by atoms with Crippen molar-refractivity contribution < 1.29 is 9.59 Å². The van der Waals surface area contributed by atoms with Crippen molar-refractivity contribution in [3.8, 4) is 0 Å². The van der Waals surface area contributed by atoms with Crippen molar-refractivity contribution in [1.29, 1.82) is 0 Å². The van der Waals surface area contributed by atoms with Crippen LogP contribution in [-0.4, -0.2) is 29.3 Å². The summed E-state index contributed by atoms with van der Waals surface area (Å²) in [6.45, 7) is 13.5. The molecule has 0 fully saturated rings. The monoisotopic (exact) mass is 470 g/mol. The lowest BCUT2D eigenvalue weighted by Gasteiger charge is -2.31. The summed E-state index contributed by atoms with van der Waals surface area (Å²) in [5.74, 6) is 0.192. The number of carbonyl (C=O) groups is 2. The van der Waals surface area contributed by atoms with Crippen molar-refractivity contribution in [3.05, 3.63) is 70.2 Å². The number of nitrogens with one attached hydrogen (secondary N) is 1. The zero-order chi connectivity index (χ0) is 24.6. The van der Waals surface area contributed by atoms with Crippen LogP contribution in [0, 0.1) is 5.92 Å². The first-order valence-electron chi connectivity index (χ1n) is 11.9. The standard InChI is InChI=1S/C28H39ClN2O2/c1-7-25(27(33)30-18-20(2)3)31(19-22-10-8-9-11-24(22)29)26(32)17-14-21-12-15-23(16-13-21)28(4,5)6/h8-13,15-16,20,25H,7,14,17-19H2,1-6H3,(H,30,33)/t25-/m0/s1. The van der Waals surface area contributed by atoms with E-state index in [1.807, 2.05) is 31.2 Å². The average molecular weight is 471 g/mol. The smallest absolute Gasteiger partial charge is 0.242 e. The molecule has 0 spiro atoms. The normalized spacial score (nSPS) is 12.5. The van der Waals surface area contributed by atoms with Crippen molar-refractivity contribution >= 4 is 23.4 Å². The highest BCUT2D eigenvalue weighted by atomic mass is 35.5. The highest BCUT2D eigenvalue weighted by Crippen LogP contribution is 2.23. The van der Waals surface area contributed by atoms with Gasteiger partial charge in [-0.1, -0.05) is 95.6 Å². The Morgan fingerprint density at radius 2 is 1.67 bits per heavy atom. The summed E-state index contributed by atoms with van der Waals surface area (Å²) in [5.41, 5.74) is 3.33. The quantitative estimate of drug-likeness (QED) is 0.452. The summed E-state index contributed by atoms with van der Waals surface area (Å²) in [4.78, 5) is 28.1. The van der Waals surface area contributed by atoms with Crippen molar-refractivity contribution in [3.63, 3.8) is 0 Å². The van der Waals surface area contributed by atoms with Gasteiger partial charge in [0.15, 0.2) is 0 Å². The second-order valence-corrected chi connectivity index (χ2v) is 10.5. The van der Waals surface area contributed by atoms with Gasteiger partial charge in [0, 0.05) is 24.5 Å². The van der Waals surface area contributed by atoms with Crippen LogP contribution in [0.5, 0.6) is 0 Å². The summed E-state index contributed by atoms with van der Waals surface area (Å²) in [7, 11) is 0. The van der Waals surface area contributed by atoms with Gasteiger partial charge in [0.1, 0.15) is 6.04 Å². The number of hydrogen-bond acceptors (Lipinski definition) is 2. The van der Waals surface area contributed by atoms with E-state index < -0.39 is 6.04 Å². The van der Waals surface area contributed by atoms with Crippen molar-refractivity contribution in [1.82, 2.24) is 10.2 Å². The van der Waals surface area contributed by atoms with E-state index in [0.29, 0.717) is 43.3 Å². The van der Waals surface area contributed by atoms with Crippen molar-refractivity contribution in [2.24, 2.45) is 5.92 Å². The summed E-state index contributed by atoms with van der Waals surface area (Å²) in [6.07, 6.45) is 1.51. The molecule has 33 heavy (non-hydrogen) atoms. The fourth-order valence-electron chi connectivity index (χ4n) is 3.72. The average Bonchev–Trinajstić information content (AvgIpc) is 2.76. The molecule has 0 heterocycles. The second-order valence-electron chi connectivity index (χ2n) is 10.1. The molecule has 2 aromatic carbocycles. The minimum absolute atomic E-state index is 0.0404. The predicted molar refractivity (Wildman–Crippen MR) is 137 cm³/mol. The Balaban J connectivity index is 2.19. The van der Waals surface area contributed by atoms with Crippen molar-refractivity contribution in [2.45, 2.75) is 78.8 Å². The molecular weight excluding hydrogens is 432 g/mol. The molecule has 0 aliphatic carbocycles. The molecule has 0 aliphatic rings. The minimum atomic E-state index is -0.532. The lowest BCUT2D eigenvalue weighted by Crippen LogP contribution is -2.49. The first-order chi connectivity index (χ1) is 15.5. The summed E-state index contributed by atoms with van der Waals surface area (Å²) in [5, 5.41) is 3.60. The molecule has 1 N–H and O–H groups in total. The molecule has 0 saturated heterocycles. The predicted octanol–water partition coefficient (Wildman–Crippen LogP) is 6.15. The third-order valence-corrected chi connectivity index (χ3v) is 6.19. The van der Waals surface area contributed by atoms with Crippen LogP contribution in [0.2, 0.25) is 5.02 Å².